The van der Waals surface area contributed by atoms with Crippen molar-refractivity contribution in [3.05, 3.63) is 30.3 Å². The number of anilines is 1. The Hall–Kier alpha value is -1.84. The van der Waals surface area contributed by atoms with E-state index in [0.717, 1.165) is 18.5 Å². The van der Waals surface area contributed by atoms with Crippen LogP contribution >= 0.6 is 0 Å². The molecule has 2 atom stereocenters. The molecule has 0 bridgehead atoms. The summed E-state index contributed by atoms with van der Waals surface area (Å²) in [7, 11) is 0. The van der Waals surface area contributed by atoms with Crippen LogP contribution in [0.2, 0.25) is 0 Å². The normalized spacial score (nSPS) is 19.0. The van der Waals surface area contributed by atoms with Crippen LogP contribution in [0.1, 0.15) is 52.4 Å². The SMILES string of the molecule is CCCCCC[C@@H](C)NC(=O)[C@H]1CC(=O)N(c2ccccc2)C1. The van der Waals surface area contributed by atoms with E-state index in [-0.39, 0.29) is 23.8 Å². The van der Waals surface area contributed by atoms with Gasteiger partial charge in [-0.3, -0.25) is 9.59 Å². The van der Waals surface area contributed by atoms with Crippen molar-refractivity contribution in [2.24, 2.45) is 5.92 Å². The van der Waals surface area contributed by atoms with Gasteiger partial charge in [0.2, 0.25) is 11.8 Å². The average molecular weight is 316 g/mol. The number of carbonyl (C=O) groups excluding carboxylic acids is 2. The van der Waals surface area contributed by atoms with Crippen molar-refractivity contribution in [2.75, 3.05) is 11.4 Å². The summed E-state index contributed by atoms with van der Waals surface area (Å²) in [5, 5.41) is 3.07. The number of rotatable bonds is 8. The average Bonchev–Trinajstić information content (AvgIpc) is 2.94. The van der Waals surface area contributed by atoms with Crippen molar-refractivity contribution in [2.45, 2.75) is 58.4 Å². The molecule has 0 aliphatic carbocycles. The van der Waals surface area contributed by atoms with Crippen LogP contribution in [0.15, 0.2) is 30.3 Å². The van der Waals surface area contributed by atoms with Gasteiger partial charge in [0.1, 0.15) is 0 Å². The fraction of sp³-hybridized carbons (Fsp3) is 0.579. The first kappa shape index (κ1) is 17.5. The van der Waals surface area contributed by atoms with E-state index in [9.17, 15) is 9.59 Å². The minimum atomic E-state index is -0.235. The Kier molecular flexibility index (Phi) is 6.63. The molecule has 4 heteroatoms. The summed E-state index contributed by atoms with van der Waals surface area (Å²) in [4.78, 5) is 26.3. The summed E-state index contributed by atoms with van der Waals surface area (Å²) in [5.41, 5.74) is 0.875. The van der Waals surface area contributed by atoms with Crippen LogP contribution in [-0.2, 0) is 9.59 Å². The van der Waals surface area contributed by atoms with Gasteiger partial charge in [-0.2, -0.15) is 0 Å². The van der Waals surface area contributed by atoms with Crippen molar-refractivity contribution in [1.29, 1.82) is 0 Å². The Morgan fingerprint density at radius 2 is 2.00 bits per heavy atom. The number of benzene rings is 1. The van der Waals surface area contributed by atoms with Crippen LogP contribution in [-0.4, -0.2) is 24.4 Å². The number of hydrogen-bond donors (Lipinski definition) is 1. The lowest BCUT2D eigenvalue weighted by molar-refractivity contribution is -0.126. The maximum absolute atomic E-state index is 12.4. The minimum absolute atomic E-state index is 0.0137. The highest BCUT2D eigenvalue weighted by Gasteiger charge is 2.35. The molecule has 1 fully saturated rings. The lowest BCUT2D eigenvalue weighted by Crippen LogP contribution is -2.38. The van der Waals surface area contributed by atoms with Crippen LogP contribution in [0, 0.1) is 5.92 Å². The molecule has 1 aromatic rings. The smallest absolute Gasteiger partial charge is 0.227 e. The molecule has 1 aromatic carbocycles. The molecular formula is C19H28N2O2. The van der Waals surface area contributed by atoms with E-state index in [2.05, 4.69) is 19.2 Å². The van der Waals surface area contributed by atoms with Gasteiger partial charge < -0.3 is 10.2 Å². The van der Waals surface area contributed by atoms with E-state index >= 15 is 0 Å². The predicted molar refractivity (Wildman–Crippen MR) is 93.3 cm³/mol. The minimum Gasteiger partial charge on any atom is -0.353 e. The molecule has 1 saturated heterocycles. The number of amides is 2. The van der Waals surface area contributed by atoms with Crippen molar-refractivity contribution in [3.8, 4) is 0 Å². The molecule has 1 N–H and O–H groups in total. The van der Waals surface area contributed by atoms with Gasteiger partial charge in [-0.25, -0.2) is 0 Å². The molecule has 0 spiro atoms. The van der Waals surface area contributed by atoms with Gasteiger partial charge in [-0.1, -0.05) is 50.8 Å². The van der Waals surface area contributed by atoms with Crippen molar-refractivity contribution < 1.29 is 9.59 Å². The molecule has 126 valence electrons. The van der Waals surface area contributed by atoms with Gasteiger partial charge in [0, 0.05) is 24.7 Å². The number of nitrogens with one attached hydrogen (secondary N) is 1. The first-order chi connectivity index (χ1) is 11.1. The largest absolute Gasteiger partial charge is 0.353 e. The Bertz CT molecular complexity index is 515. The van der Waals surface area contributed by atoms with Crippen molar-refractivity contribution >= 4 is 17.5 Å². The number of para-hydroxylation sites is 1. The van der Waals surface area contributed by atoms with Crippen LogP contribution in [0.3, 0.4) is 0 Å². The van der Waals surface area contributed by atoms with Crippen LogP contribution < -0.4 is 10.2 Å². The fourth-order valence-corrected chi connectivity index (χ4v) is 3.05. The van der Waals surface area contributed by atoms with Crippen LogP contribution in [0.4, 0.5) is 5.69 Å². The quantitative estimate of drug-likeness (QED) is 0.746. The molecule has 1 aliphatic heterocycles. The number of carbonyl (C=O) groups is 2. The summed E-state index contributed by atoms with van der Waals surface area (Å²) in [6.07, 6.45) is 6.16. The van der Waals surface area contributed by atoms with E-state index < -0.39 is 0 Å². The predicted octanol–water partition coefficient (Wildman–Crippen LogP) is 3.51. The molecule has 0 unspecified atom stereocenters. The van der Waals surface area contributed by atoms with Gasteiger partial charge in [0.25, 0.3) is 0 Å². The monoisotopic (exact) mass is 316 g/mol. The first-order valence-corrected chi connectivity index (χ1v) is 8.77. The number of nitrogens with zero attached hydrogens (tertiary/aromatic N) is 1. The topological polar surface area (TPSA) is 49.4 Å². The Balaban J connectivity index is 1.81. The summed E-state index contributed by atoms with van der Waals surface area (Å²) < 4.78 is 0. The second kappa shape index (κ2) is 8.70. The Morgan fingerprint density at radius 3 is 2.70 bits per heavy atom. The molecule has 0 aromatic heterocycles. The summed E-state index contributed by atoms with van der Waals surface area (Å²) >= 11 is 0. The molecule has 0 radical (unpaired) electrons. The van der Waals surface area contributed by atoms with Gasteiger partial charge in [0.05, 0.1) is 5.92 Å². The van der Waals surface area contributed by atoms with E-state index in [1.54, 1.807) is 4.90 Å². The third kappa shape index (κ3) is 5.08. The third-order valence-electron chi connectivity index (χ3n) is 4.44. The Morgan fingerprint density at radius 1 is 1.26 bits per heavy atom. The molecular weight excluding hydrogens is 288 g/mol. The molecule has 23 heavy (non-hydrogen) atoms. The van der Waals surface area contributed by atoms with Crippen LogP contribution in [0.5, 0.6) is 0 Å². The zero-order chi connectivity index (χ0) is 16.7. The number of hydrogen-bond acceptors (Lipinski definition) is 2. The van der Waals surface area contributed by atoms with E-state index in [1.807, 2.05) is 30.3 Å². The van der Waals surface area contributed by atoms with Gasteiger partial charge in [0.15, 0.2) is 0 Å². The maximum atomic E-state index is 12.4. The van der Waals surface area contributed by atoms with E-state index in [0.29, 0.717) is 13.0 Å². The lowest BCUT2D eigenvalue weighted by atomic mass is 10.1. The third-order valence-corrected chi connectivity index (χ3v) is 4.44. The molecule has 0 saturated carbocycles. The highest BCUT2D eigenvalue weighted by Crippen LogP contribution is 2.25. The lowest BCUT2D eigenvalue weighted by Gasteiger charge is -2.18. The molecule has 1 aliphatic rings. The second-order valence-electron chi connectivity index (χ2n) is 6.50. The maximum Gasteiger partial charge on any atom is 0.227 e. The zero-order valence-corrected chi connectivity index (χ0v) is 14.3. The molecule has 2 amide bonds. The van der Waals surface area contributed by atoms with E-state index in [1.165, 1.54) is 19.3 Å². The molecule has 1 heterocycles. The zero-order valence-electron chi connectivity index (χ0n) is 14.3. The van der Waals surface area contributed by atoms with Gasteiger partial charge in [-0.05, 0) is 25.5 Å². The van der Waals surface area contributed by atoms with Gasteiger partial charge in [-0.15, -0.1) is 0 Å². The highest BCUT2D eigenvalue weighted by molar-refractivity contribution is 6.00. The molecule has 2 rings (SSSR count). The first-order valence-electron chi connectivity index (χ1n) is 8.77. The highest BCUT2D eigenvalue weighted by atomic mass is 16.2. The van der Waals surface area contributed by atoms with Gasteiger partial charge >= 0.3 is 0 Å². The van der Waals surface area contributed by atoms with Crippen LogP contribution in [0.25, 0.3) is 0 Å². The summed E-state index contributed by atoms with van der Waals surface area (Å²) in [6.45, 7) is 4.73. The Labute approximate surface area is 139 Å². The number of unbranched alkanes of at least 4 members (excludes halogenated alkanes) is 3. The molecule has 4 nitrogen and oxygen atoms in total. The fourth-order valence-electron chi connectivity index (χ4n) is 3.05. The van der Waals surface area contributed by atoms with Crippen molar-refractivity contribution in [3.63, 3.8) is 0 Å². The standard InChI is InChI=1S/C19H28N2O2/c1-3-4-5-7-10-15(2)20-19(23)16-13-18(22)21(14-16)17-11-8-6-9-12-17/h6,8-9,11-12,15-16H,3-5,7,10,13-14H2,1-2H3,(H,20,23)/t15-,16+/m1/s1. The van der Waals surface area contributed by atoms with Crippen molar-refractivity contribution in [1.82, 2.24) is 5.32 Å². The van der Waals surface area contributed by atoms with E-state index in [4.69, 9.17) is 0 Å². The second-order valence-corrected chi connectivity index (χ2v) is 6.50. The summed E-state index contributed by atoms with van der Waals surface area (Å²) in [6, 6.07) is 9.75. The summed E-state index contributed by atoms with van der Waals surface area (Å²) in [5.74, 6) is -0.187.